The third-order valence-corrected chi connectivity index (χ3v) is 5.05. The molecule has 8 nitrogen and oxygen atoms in total. The Labute approximate surface area is 209 Å². The van der Waals surface area contributed by atoms with Crippen molar-refractivity contribution >= 4 is 29.9 Å². The summed E-state index contributed by atoms with van der Waals surface area (Å²) in [6, 6.07) is 6.30. The van der Waals surface area contributed by atoms with Crippen LogP contribution in [0.2, 0.25) is 0 Å². The van der Waals surface area contributed by atoms with Gasteiger partial charge in [0.25, 0.3) is 0 Å². The monoisotopic (exact) mass is 558 g/mol. The number of aliphatic imine (C=N–C) groups is 1. The first-order chi connectivity index (χ1) is 15.0. The van der Waals surface area contributed by atoms with E-state index >= 15 is 0 Å². The van der Waals surface area contributed by atoms with Gasteiger partial charge < -0.3 is 24.7 Å². The second-order valence-electron chi connectivity index (χ2n) is 7.68. The van der Waals surface area contributed by atoms with Crippen molar-refractivity contribution in [2.24, 2.45) is 12.0 Å². The summed E-state index contributed by atoms with van der Waals surface area (Å²) in [5.74, 6) is 3.39. The quantitative estimate of drug-likeness (QED) is 0.168. The number of methoxy groups -OCH3 is 1. The number of benzene rings is 1. The number of nitrogens with one attached hydrogen (secondary N) is 2. The Morgan fingerprint density at radius 2 is 1.91 bits per heavy atom. The standard InChI is InChI=1S/C23H38N6O2.HI/c1-6-7-8-14-31-21-15-18(2)10-11-20(21)16-25-23(24-12-9-13-30-5)26-17-22-28-27-19(3)29(22)4;/h10-11,15H,6-9,12-14,16-17H2,1-5H3,(H2,24,25,26);1H. The van der Waals surface area contributed by atoms with Crippen LogP contribution in [-0.2, 0) is 24.9 Å². The minimum Gasteiger partial charge on any atom is -0.493 e. The number of aromatic nitrogens is 3. The van der Waals surface area contributed by atoms with Crippen molar-refractivity contribution in [2.45, 2.75) is 59.5 Å². The molecule has 1 aromatic carbocycles. The summed E-state index contributed by atoms with van der Waals surface area (Å²) in [6.07, 6.45) is 4.33. The van der Waals surface area contributed by atoms with Gasteiger partial charge in [-0.3, -0.25) is 0 Å². The van der Waals surface area contributed by atoms with Crippen LogP contribution in [0.5, 0.6) is 5.75 Å². The Morgan fingerprint density at radius 3 is 2.59 bits per heavy atom. The first-order valence-electron chi connectivity index (χ1n) is 11.1. The Morgan fingerprint density at radius 1 is 1.09 bits per heavy atom. The molecule has 0 saturated heterocycles. The third-order valence-electron chi connectivity index (χ3n) is 5.05. The van der Waals surface area contributed by atoms with Gasteiger partial charge in [-0.05, 0) is 38.3 Å². The lowest BCUT2D eigenvalue weighted by Gasteiger charge is -2.14. The van der Waals surface area contributed by atoms with E-state index in [4.69, 9.17) is 14.5 Å². The second kappa shape index (κ2) is 15.8. The molecule has 0 spiro atoms. The number of hydrogen-bond acceptors (Lipinski definition) is 5. The van der Waals surface area contributed by atoms with Crippen molar-refractivity contribution in [2.75, 3.05) is 26.9 Å². The number of unbranched alkanes of at least 4 members (excludes halogenated alkanes) is 2. The molecular weight excluding hydrogens is 519 g/mol. The van der Waals surface area contributed by atoms with Crippen molar-refractivity contribution in [1.82, 2.24) is 25.4 Å². The fourth-order valence-electron chi connectivity index (χ4n) is 2.99. The molecule has 32 heavy (non-hydrogen) atoms. The largest absolute Gasteiger partial charge is 0.493 e. The summed E-state index contributed by atoms with van der Waals surface area (Å²) in [7, 11) is 3.67. The van der Waals surface area contributed by atoms with Crippen LogP contribution in [-0.4, -0.2) is 47.6 Å². The number of rotatable bonds is 13. The molecule has 0 atom stereocenters. The molecular formula is C23H39IN6O2. The van der Waals surface area contributed by atoms with Gasteiger partial charge in [-0.15, -0.1) is 34.2 Å². The fourth-order valence-corrected chi connectivity index (χ4v) is 2.99. The number of nitrogens with zero attached hydrogens (tertiary/aromatic N) is 4. The van der Waals surface area contributed by atoms with Crippen molar-refractivity contribution in [3.8, 4) is 5.75 Å². The number of ether oxygens (including phenoxy) is 2. The molecule has 2 N–H and O–H groups in total. The Bertz CT molecular complexity index is 825. The maximum absolute atomic E-state index is 6.07. The van der Waals surface area contributed by atoms with Crippen molar-refractivity contribution in [3.63, 3.8) is 0 Å². The Kier molecular flexibility index (Phi) is 13.9. The van der Waals surface area contributed by atoms with Crippen molar-refractivity contribution in [1.29, 1.82) is 0 Å². The zero-order chi connectivity index (χ0) is 22.5. The number of halogens is 1. The lowest BCUT2D eigenvalue weighted by atomic mass is 10.1. The summed E-state index contributed by atoms with van der Waals surface area (Å²) < 4.78 is 13.2. The van der Waals surface area contributed by atoms with Crippen molar-refractivity contribution in [3.05, 3.63) is 41.0 Å². The zero-order valence-corrected chi connectivity index (χ0v) is 22.4. The van der Waals surface area contributed by atoms with E-state index in [0.717, 1.165) is 54.9 Å². The van der Waals surface area contributed by atoms with Crippen LogP contribution in [0.3, 0.4) is 0 Å². The molecule has 0 unspecified atom stereocenters. The summed E-state index contributed by atoms with van der Waals surface area (Å²) in [6.45, 7) is 9.50. The van der Waals surface area contributed by atoms with Gasteiger partial charge >= 0.3 is 0 Å². The summed E-state index contributed by atoms with van der Waals surface area (Å²) in [5, 5.41) is 15.1. The highest BCUT2D eigenvalue weighted by atomic mass is 127. The highest BCUT2D eigenvalue weighted by Crippen LogP contribution is 2.21. The second-order valence-corrected chi connectivity index (χ2v) is 7.68. The average Bonchev–Trinajstić information content (AvgIpc) is 3.08. The summed E-state index contributed by atoms with van der Waals surface area (Å²) in [5.41, 5.74) is 2.27. The van der Waals surface area contributed by atoms with Crippen LogP contribution in [0.15, 0.2) is 23.2 Å². The van der Waals surface area contributed by atoms with E-state index in [1.165, 1.54) is 18.4 Å². The zero-order valence-electron chi connectivity index (χ0n) is 20.1. The van der Waals surface area contributed by atoms with E-state index in [1.54, 1.807) is 7.11 Å². The minimum atomic E-state index is 0. The average molecular weight is 559 g/mol. The van der Waals surface area contributed by atoms with Gasteiger partial charge in [0.05, 0.1) is 19.7 Å². The van der Waals surface area contributed by atoms with Crippen molar-refractivity contribution < 1.29 is 9.47 Å². The predicted octanol–water partition coefficient (Wildman–Crippen LogP) is 3.89. The molecule has 0 radical (unpaired) electrons. The molecule has 180 valence electrons. The van der Waals surface area contributed by atoms with Crippen LogP contribution in [0.1, 0.15) is 55.4 Å². The molecule has 0 aliphatic rings. The molecule has 0 saturated carbocycles. The first-order valence-corrected chi connectivity index (χ1v) is 11.1. The molecule has 2 rings (SSSR count). The molecule has 1 aromatic heterocycles. The summed E-state index contributed by atoms with van der Waals surface area (Å²) >= 11 is 0. The SMILES string of the molecule is CCCCCOc1cc(C)ccc1CN=C(NCCCOC)NCc1nnc(C)n1C.I. The normalized spacial score (nSPS) is 11.2. The maximum atomic E-state index is 6.07. The van der Waals surface area contributed by atoms with Crippen LogP contribution in [0.4, 0.5) is 0 Å². The highest BCUT2D eigenvalue weighted by molar-refractivity contribution is 14.0. The van der Waals surface area contributed by atoms with Gasteiger partial charge in [0.2, 0.25) is 0 Å². The molecule has 1 heterocycles. The van der Waals surface area contributed by atoms with E-state index in [-0.39, 0.29) is 24.0 Å². The predicted molar refractivity (Wildman–Crippen MR) is 140 cm³/mol. The maximum Gasteiger partial charge on any atom is 0.191 e. The van der Waals surface area contributed by atoms with E-state index in [1.807, 2.05) is 18.5 Å². The molecule has 9 heteroatoms. The van der Waals surface area contributed by atoms with E-state index in [9.17, 15) is 0 Å². The van der Waals surface area contributed by atoms with Gasteiger partial charge in [0.15, 0.2) is 11.8 Å². The lowest BCUT2D eigenvalue weighted by molar-refractivity contribution is 0.195. The number of aryl methyl sites for hydroxylation is 2. The summed E-state index contributed by atoms with van der Waals surface area (Å²) in [4.78, 5) is 4.79. The molecule has 0 amide bonds. The topological polar surface area (TPSA) is 85.6 Å². The van der Waals surface area contributed by atoms with E-state index < -0.39 is 0 Å². The minimum absolute atomic E-state index is 0. The van der Waals surface area contributed by atoms with E-state index in [0.29, 0.717) is 19.7 Å². The van der Waals surface area contributed by atoms with Crippen LogP contribution < -0.4 is 15.4 Å². The molecule has 0 aliphatic heterocycles. The smallest absolute Gasteiger partial charge is 0.191 e. The van der Waals surface area contributed by atoms with Gasteiger partial charge in [-0.25, -0.2) is 4.99 Å². The molecule has 2 aromatic rings. The molecule has 0 bridgehead atoms. The lowest BCUT2D eigenvalue weighted by Crippen LogP contribution is -2.38. The van der Waals surface area contributed by atoms with E-state index in [2.05, 4.69) is 52.9 Å². The van der Waals surface area contributed by atoms with Gasteiger partial charge in [0, 0.05) is 32.9 Å². The van der Waals surface area contributed by atoms with Gasteiger partial charge in [0.1, 0.15) is 11.6 Å². The Balaban J connectivity index is 0.00000512. The van der Waals surface area contributed by atoms with Crippen LogP contribution >= 0.6 is 24.0 Å². The van der Waals surface area contributed by atoms with Crippen LogP contribution in [0.25, 0.3) is 0 Å². The Hall–Kier alpha value is -1.88. The van der Waals surface area contributed by atoms with Crippen LogP contribution in [0, 0.1) is 13.8 Å². The number of hydrogen-bond donors (Lipinski definition) is 2. The number of guanidine groups is 1. The molecule has 0 aliphatic carbocycles. The fraction of sp³-hybridized carbons (Fsp3) is 0.609. The van der Waals surface area contributed by atoms with Gasteiger partial charge in [-0.2, -0.15) is 0 Å². The highest BCUT2D eigenvalue weighted by Gasteiger charge is 2.08. The van der Waals surface area contributed by atoms with Gasteiger partial charge in [-0.1, -0.05) is 31.9 Å². The first kappa shape index (κ1) is 28.2. The third kappa shape index (κ3) is 9.72. The molecule has 0 fully saturated rings.